The Kier molecular flexibility index (Phi) is 5.48. The van der Waals surface area contributed by atoms with Crippen LogP contribution in [-0.4, -0.2) is 34.0 Å². The molecule has 0 unspecified atom stereocenters. The Morgan fingerprint density at radius 3 is 2.30 bits per heavy atom. The highest BCUT2D eigenvalue weighted by molar-refractivity contribution is 7.92. The van der Waals surface area contributed by atoms with Crippen LogP contribution >= 0.6 is 11.6 Å². The molecule has 0 saturated heterocycles. The predicted molar refractivity (Wildman–Crippen MR) is 103 cm³/mol. The van der Waals surface area contributed by atoms with Gasteiger partial charge in [-0.05, 0) is 48.9 Å². The topological polar surface area (TPSA) is 76.4 Å². The van der Waals surface area contributed by atoms with E-state index in [0.29, 0.717) is 17.4 Å². The Balaban J connectivity index is 2.04. The van der Waals surface area contributed by atoms with Gasteiger partial charge in [-0.1, -0.05) is 23.7 Å². The Labute approximate surface area is 164 Å². The van der Waals surface area contributed by atoms with Gasteiger partial charge in [0.25, 0.3) is 0 Å². The monoisotopic (exact) mass is 405 g/mol. The van der Waals surface area contributed by atoms with Gasteiger partial charge in [0, 0.05) is 17.5 Å². The minimum absolute atomic E-state index is 0.0637. The van der Waals surface area contributed by atoms with Crippen LogP contribution in [0.15, 0.2) is 53.4 Å². The van der Waals surface area contributed by atoms with Gasteiger partial charge in [-0.15, -0.1) is 0 Å². The van der Waals surface area contributed by atoms with E-state index in [2.05, 4.69) is 6.07 Å². The van der Waals surface area contributed by atoms with E-state index in [1.54, 1.807) is 31.4 Å². The summed E-state index contributed by atoms with van der Waals surface area (Å²) >= 11 is 5.88. The van der Waals surface area contributed by atoms with Crippen LogP contribution in [0.25, 0.3) is 0 Å². The third kappa shape index (κ3) is 3.43. The number of benzene rings is 2. The zero-order valence-corrected chi connectivity index (χ0v) is 16.6. The minimum Gasteiger partial charge on any atom is -0.497 e. The molecule has 1 aliphatic carbocycles. The lowest BCUT2D eigenvalue weighted by molar-refractivity contribution is 0.117. The summed E-state index contributed by atoms with van der Waals surface area (Å²) < 4.78 is 37.2. The molecule has 0 bridgehead atoms. The summed E-state index contributed by atoms with van der Waals surface area (Å²) in [5.41, 5.74) is -0.345. The molecule has 0 radical (unpaired) electrons. The average molecular weight is 406 g/mol. The zero-order valence-electron chi connectivity index (χ0n) is 15.1. The molecule has 0 aliphatic heterocycles. The number of hydrogen-bond donors (Lipinski definition) is 0. The van der Waals surface area contributed by atoms with Gasteiger partial charge < -0.3 is 9.47 Å². The van der Waals surface area contributed by atoms with Crippen molar-refractivity contribution in [3.63, 3.8) is 0 Å². The molecule has 3 rings (SSSR count). The van der Waals surface area contributed by atoms with Gasteiger partial charge in [-0.2, -0.15) is 5.26 Å². The lowest BCUT2D eigenvalue weighted by atomic mass is 10.0. The number of sulfone groups is 1. The van der Waals surface area contributed by atoms with Crippen molar-refractivity contribution in [2.45, 2.75) is 23.0 Å². The quantitative estimate of drug-likeness (QED) is 0.699. The second kappa shape index (κ2) is 7.51. The summed E-state index contributed by atoms with van der Waals surface area (Å²) in [5, 5.41) is 9.48. The third-order valence-electron chi connectivity index (χ3n) is 4.96. The molecular formula is C20H20ClNO4S. The largest absolute Gasteiger partial charge is 0.497 e. The highest BCUT2D eigenvalue weighted by Gasteiger charge is 2.72. The van der Waals surface area contributed by atoms with Crippen LogP contribution in [-0.2, 0) is 14.6 Å². The van der Waals surface area contributed by atoms with Crippen LogP contribution in [0.1, 0.15) is 18.4 Å². The average Bonchev–Trinajstić information content (AvgIpc) is 3.37. The summed E-state index contributed by atoms with van der Waals surface area (Å²) in [7, 11) is -2.17. The van der Waals surface area contributed by atoms with E-state index in [1.165, 1.54) is 24.3 Å². The van der Waals surface area contributed by atoms with Gasteiger partial charge in [-0.25, -0.2) is 8.42 Å². The van der Waals surface area contributed by atoms with Crippen molar-refractivity contribution in [2.75, 3.05) is 20.3 Å². The summed E-state index contributed by atoms with van der Waals surface area (Å²) in [6.45, 7) is 2.29. The molecule has 142 valence electrons. The molecular weight excluding hydrogens is 386 g/mol. The van der Waals surface area contributed by atoms with Gasteiger partial charge in [0.05, 0.1) is 29.9 Å². The van der Waals surface area contributed by atoms with E-state index in [9.17, 15) is 13.7 Å². The number of rotatable bonds is 7. The summed E-state index contributed by atoms with van der Waals surface area (Å²) in [6.07, 6.45) is 0. The van der Waals surface area contributed by atoms with Crippen molar-refractivity contribution in [1.29, 1.82) is 5.26 Å². The first-order valence-electron chi connectivity index (χ1n) is 8.53. The van der Waals surface area contributed by atoms with E-state index in [-0.39, 0.29) is 11.5 Å². The van der Waals surface area contributed by atoms with Crippen molar-refractivity contribution in [3.8, 4) is 11.8 Å². The predicted octanol–water partition coefficient (Wildman–Crippen LogP) is 3.83. The van der Waals surface area contributed by atoms with Gasteiger partial charge in [0.1, 0.15) is 11.2 Å². The minimum atomic E-state index is -3.74. The Hall–Kier alpha value is -2.07. The van der Waals surface area contributed by atoms with Gasteiger partial charge in [0.15, 0.2) is 9.84 Å². The third-order valence-corrected chi connectivity index (χ3v) is 7.50. The van der Waals surface area contributed by atoms with Crippen LogP contribution in [0.5, 0.6) is 5.75 Å². The second-order valence-corrected chi connectivity index (χ2v) is 8.97. The van der Waals surface area contributed by atoms with Crippen molar-refractivity contribution >= 4 is 21.4 Å². The van der Waals surface area contributed by atoms with Crippen LogP contribution in [0.4, 0.5) is 0 Å². The van der Waals surface area contributed by atoms with E-state index in [0.717, 1.165) is 5.56 Å². The smallest absolute Gasteiger partial charge is 0.183 e. The highest BCUT2D eigenvalue weighted by atomic mass is 35.5. The Morgan fingerprint density at radius 2 is 1.78 bits per heavy atom. The first kappa shape index (κ1) is 19.7. The zero-order chi connectivity index (χ0) is 19.7. The molecule has 5 nitrogen and oxygen atoms in total. The van der Waals surface area contributed by atoms with E-state index < -0.39 is 26.4 Å². The maximum atomic E-state index is 13.3. The molecule has 1 fully saturated rings. The molecule has 0 N–H and O–H groups in total. The van der Waals surface area contributed by atoms with Crippen LogP contribution in [0, 0.1) is 16.7 Å². The maximum Gasteiger partial charge on any atom is 0.183 e. The number of halogens is 1. The lowest BCUT2D eigenvalue weighted by Crippen LogP contribution is -2.19. The fourth-order valence-corrected chi connectivity index (χ4v) is 5.96. The summed E-state index contributed by atoms with van der Waals surface area (Å²) in [5.74, 6) is 0.199. The standard InChI is InChI=1S/C20H20ClNO4S/c1-3-26-13-20(12-22)18(14-4-8-16(25-2)9-5-14)19(20)27(23,24)17-10-6-15(21)7-11-17/h4-11,18-19H,3,13H2,1-2H3/t18-,19-,20-/m0/s1. The molecule has 0 amide bonds. The maximum absolute atomic E-state index is 13.3. The molecule has 2 aromatic carbocycles. The lowest BCUT2D eigenvalue weighted by Gasteiger charge is -2.10. The van der Waals surface area contributed by atoms with Crippen LogP contribution < -0.4 is 4.74 Å². The molecule has 2 aromatic rings. The van der Waals surface area contributed by atoms with Crippen LogP contribution in [0.2, 0.25) is 5.02 Å². The van der Waals surface area contributed by atoms with Gasteiger partial charge in [0.2, 0.25) is 0 Å². The number of hydrogen-bond acceptors (Lipinski definition) is 5. The number of nitrogens with zero attached hydrogens (tertiary/aromatic N) is 1. The molecule has 1 aliphatic rings. The highest BCUT2D eigenvalue weighted by Crippen LogP contribution is 2.64. The molecule has 1 saturated carbocycles. The number of methoxy groups -OCH3 is 1. The van der Waals surface area contributed by atoms with Crippen molar-refractivity contribution in [1.82, 2.24) is 0 Å². The van der Waals surface area contributed by atoms with Crippen molar-refractivity contribution in [3.05, 3.63) is 59.1 Å². The molecule has 0 aromatic heterocycles. The SMILES string of the molecule is CCOC[C@@]1(C#N)[C@@H](c2ccc(OC)cc2)[C@@H]1S(=O)(=O)c1ccc(Cl)cc1. The van der Waals surface area contributed by atoms with Crippen molar-refractivity contribution < 1.29 is 17.9 Å². The summed E-state index contributed by atoms with van der Waals surface area (Å²) in [6, 6.07) is 15.4. The Bertz CT molecular complexity index is 951. The Morgan fingerprint density at radius 1 is 1.15 bits per heavy atom. The van der Waals surface area contributed by atoms with Gasteiger partial charge in [-0.3, -0.25) is 0 Å². The van der Waals surface area contributed by atoms with E-state index in [1.807, 2.05) is 6.92 Å². The molecule has 3 atom stereocenters. The molecule has 7 heteroatoms. The number of nitriles is 1. The molecule has 0 spiro atoms. The van der Waals surface area contributed by atoms with Gasteiger partial charge >= 0.3 is 0 Å². The first-order chi connectivity index (χ1) is 12.9. The molecule has 27 heavy (non-hydrogen) atoms. The van der Waals surface area contributed by atoms with Crippen molar-refractivity contribution in [2.24, 2.45) is 5.41 Å². The molecule has 0 heterocycles. The fourth-order valence-electron chi connectivity index (χ4n) is 3.52. The van der Waals surface area contributed by atoms with E-state index >= 15 is 0 Å². The van der Waals surface area contributed by atoms with E-state index in [4.69, 9.17) is 21.1 Å². The number of ether oxygens (including phenoxy) is 2. The first-order valence-corrected chi connectivity index (χ1v) is 10.5. The summed E-state index contributed by atoms with van der Waals surface area (Å²) in [4.78, 5) is 0.157. The van der Waals surface area contributed by atoms with Crippen LogP contribution in [0.3, 0.4) is 0 Å². The fraction of sp³-hybridized carbons (Fsp3) is 0.350. The second-order valence-electron chi connectivity index (χ2n) is 6.46. The normalized spacial score (nSPS) is 24.2.